The fourth-order valence-electron chi connectivity index (χ4n) is 3.38. The summed E-state index contributed by atoms with van der Waals surface area (Å²) < 4.78 is 5.86. The Bertz CT molecular complexity index is 560. The van der Waals surface area contributed by atoms with Gasteiger partial charge in [0.1, 0.15) is 6.10 Å². The lowest BCUT2D eigenvalue weighted by Crippen LogP contribution is -2.36. The molecule has 0 bridgehead atoms. The van der Waals surface area contributed by atoms with E-state index in [0.29, 0.717) is 23.3 Å². The van der Waals surface area contributed by atoms with E-state index in [9.17, 15) is 4.79 Å². The van der Waals surface area contributed by atoms with Crippen molar-refractivity contribution >= 4 is 17.7 Å². The quantitative estimate of drug-likeness (QED) is 0.499. The molecule has 0 spiro atoms. The van der Waals surface area contributed by atoms with Gasteiger partial charge in [0.2, 0.25) is 0 Å². The van der Waals surface area contributed by atoms with Crippen molar-refractivity contribution in [1.82, 2.24) is 0 Å². The Kier molecular flexibility index (Phi) is 5.86. The van der Waals surface area contributed by atoms with Gasteiger partial charge in [0.15, 0.2) is 0 Å². The summed E-state index contributed by atoms with van der Waals surface area (Å²) in [5, 5.41) is 0. The Morgan fingerprint density at radius 2 is 1.91 bits per heavy atom. The molecule has 0 radical (unpaired) electrons. The Hall–Kier alpha value is -1.77. The summed E-state index contributed by atoms with van der Waals surface area (Å²) in [6.45, 7) is 8.50. The largest absolute Gasteiger partial charge is 0.459 e. The van der Waals surface area contributed by atoms with Gasteiger partial charge in [-0.15, -0.1) is 0 Å². The standard InChI is InChI=1S/C20H29NO2/c1-13(2)18-10-5-14(3)11-19(18)23-20(22)15(4)12-16-6-8-17(21)9-7-16/h6-9,12-14,18-19H,5,10-11,21H2,1-4H3/b15-12-. The summed E-state index contributed by atoms with van der Waals surface area (Å²) in [4.78, 5) is 12.4. The van der Waals surface area contributed by atoms with Crippen LogP contribution in [0.2, 0.25) is 0 Å². The molecular weight excluding hydrogens is 286 g/mol. The Balaban J connectivity index is 2.05. The molecule has 3 unspecified atom stereocenters. The summed E-state index contributed by atoms with van der Waals surface area (Å²) in [5.74, 6) is 1.44. The number of benzene rings is 1. The maximum atomic E-state index is 12.4. The third-order valence-corrected chi connectivity index (χ3v) is 4.86. The van der Waals surface area contributed by atoms with Gasteiger partial charge in [0, 0.05) is 11.3 Å². The lowest BCUT2D eigenvalue weighted by molar-refractivity contribution is -0.150. The molecule has 0 amide bonds. The van der Waals surface area contributed by atoms with Crippen molar-refractivity contribution in [3.63, 3.8) is 0 Å². The predicted molar refractivity (Wildman–Crippen MR) is 95.7 cm³/mol. The molecule has 126 valence electrons. The van der Waals surface area contributed by atoms with E-state index in [2.05, 4.69) is 20.8 Å². The number of carbonyl (C=O) groups excluding carboxylic acids is 1. The number of carbonyl (C=O) groups is 1. The molecule has 3 heteroatoms. The normalized spacial score (nSPS) is 25.4. The molecule has 0 heterocycles. The van der Waals surface area contributed by atoms with Crippen molar-refractivity contribution in [2.45, 2.75) is 53.1 Å². The molecule has 2 rings (SSSR count). The highest BCUT2D eigenvalue weighted by atomic mass is 16.5. The fraction of sp³-hybridized carbons (Fsp3) is 0.550. The molecule has 2 N–H and O–H groups in total. The summed E-state index contributed by atoms with van der Waals surface area (Å²) in [6.07, 6.45) is 5.26. The third kappa shape index (κ3) is 4.85. The average Bonchev–Trinajstić information content (AvgIpc) is 2.49. The first-order valence-electron chi connectivity index (χ1n) is 8.61. The van der Waals surface area contributed by atoms with Gasteiger partial charge in [-0.05, 0) is 61.3 Å². The molecule has 1 aliphatic rings. The SMILES string of the molecule is C/C(=C/c1ccc(N)cc1)C(=O)OC1CC(C)CCC1C(C)C. The highest BCUT2D eigenvalue weighted by molar-refractivity contribution is 5.93. The van der Waals surface area contributed by atoms with Crippen LogP contribution in [-0.2, 0) is 9.53 Å². The smallest absolute Gasteiger partial charge is 0.334 e. The Labute approximate surface area is 139 Å². The van der Waals surface area contributed by atoms with Gasteiger partial charge in [-0.1, -0.05) is 39.3 Å². The Morgan fingerprint density at radius 1 is 1.26 bits per heavy atom. The number of nitrogens with two attached hydrogens (primary N) is 1. The summed E-state index contributed by atoms with van der Waals surface area (Å²) in [7, 11) is 0. The maximum Gasteiger partial charge on any atom is 0.334 e. The molecule has 0 aromatic heterocycles. The van der Waals surface area contributed by atoms with Crippen molar-refractivity contribution < 1.29 is 9.53 Å². The van der Waals surface area contributed by atoms with Gasteiger partial charge >= 0.3 is 5.97 Å². The molecule has 0 aliphatic heterocycles. The van der Waals surface area contributed by atoms with E-state index in [0.717, 1.165) is 24.1 Å². The zero-order valence-electron chi connectivity index (χ0n) is 14.7. The second kappa shape index (κ2) is 7.67. The number of esters is 1. The number of rotatable bonds is 4. The van der Waals surface area contributed by atoms with E-state index in [1.165, 1.54) is 6.42 Å². The van der Waals surface area contributed by atoms with Crippen LogP contribution in [0, 0.1) is 17.8 Å². The van der Waals surface area contributed by atoms with E-state index in [4.69, 9.17) is 10.5 Å². The van der Waals surface area contributed by atoms with Crippen molar-refractivity contribution in [2.24, 2.45) is 17.8 Å². The number of ether oxygens (including phenoxy) is 1. The van der Waals surface area contributed by atoms with Crippen LogP contribution < -0.4 is 5.73 Å². The van der Waals surface area contributed by atoms with E-state index >= 15 is 0 Å². The minimum atomic E-state index is -0.202. The first-order chi connectivity index (χ1) is 10.9. The summed E-state index contributed by atoms with van der Waals surface area (Å²) >= 11 is 0. The molecule has 23 heavy (non-hydrogen) atoms. The minimum absolute atomic E-state index is 0.0426. The van der Waals surface area contributed by atoms with Crippen LogP contribution in [0.3, 0.4) is 0 Å². The Morgan fingerprint density at radius 3 is 2.52 bits per heavy atom. The molecule has 3 nitrogen and oxygen atoms in total. The molecule has 1 fully saturated rings. The maximum absolute atomic E-state index is 12.4. The molecule has 3 atom stereocenters. The monoisotopic (exact) mass is 315 g/mol. The molecule has 1 aliphatic carbocycles. The van der Waals surface area contributed by atoms with Gasteiger partial charge in [-0.3, -0.25) is 0 Å². The van der Waals surface area contributed by atoms with Gasteiger partial charge in [-0.2, -0.15) is 0 Å². The van der Waals surface area contributed by atoms with E-state index < -0.39 is 0 Å². The minimum Gasteiger partial charge on any atom is -0.459 e. The van der Waals surface area contributed by atoms with Crippen LogP contribution in [-0.4, -0.2) is 12.1 Å². The van der Waals surface area contributed by atoms with Crippen molar-refractivity contribution in [2.75, 3.05) is 5.73 Å². The fourth-order valence-corrected chi connectivity index (χ4v) is 3.38. The lowest BCUT2D eigenvalue weighted by Gasteiger charge is -2.36. The number of nitrogen functional groups attached to an aromatic ring is 1. The molecular formula is C20H29NO2. The third-order valence-electron chi connectivity index (χ3n) is 4.86. The summed E-state index contributed by atoms with van der Waals surface area (Å²) in [6, 6.07) is 7.49. The van der Waals surface area contributed by atoms with Gasteiger partial charge in [0.05, 0.1) is 0 Å². The van der Waals surface area contributed by atoms with Crippen molar-refractivity contribution in [3.05, 3.63) is 35.4 Å². The number of hydrogen-bond donors (Lipinski definition) is 1. The van der Waals surface area contributed by atoms with Crippen LogP contribution in [0.15, 0.2) is 29.8 Å². The van der Waals surface area contributed by atoms with Crippen LogP contribution >= 0.6 is 0 Å². The van der Waals surface area contributed by atoms with E-state index in [1.54, 1.807) is 0 Å². The van der Waals surface area contributed by atoms with Gasteiger partial charge < -0.3 is 10.5 Å². The highest BCUT2D eigenvalue weighted by Crippen LogP contribution is 2.35. The second-order valence-electron chi connectivity index (χ2n) is 7.26. The lowest BCUT2D eigenvalue weighted by atomic mass is 9.75. The van der Waals surface area contributed by atoms with Crippen LogP contribution in [0.5, 0.6) is 0 Å². The highest BCUT2D eigenvalue weighted by Gasteiger charge is 2.33. The number of anilines is 1. The van der Waals surface area contributed by atoms with E-state index in [1.807, 2.05) is 37.3 Å². The van der Waals surface area contributed by atoms with Crippen LogP contribution in [0.4, 0.5) is 5.69 Å². The predicted octanol–water partition coefficient (Wildman–Crippen LogP) is 4.68. The summed E-state index contributed by atoms with van der Waals surface area (Å²) in [5.41, 5.74) is 8.00. The zero-order chi connectivity index (χ0) is 17.0. The van der Waals surface area contributed by atoms with Crippen molar-refractivity contribution in [3.8, 4) is 0 Å². The number of hydrogen-bond acceptors (Lipinski definition) is 3. The van der Waals surface area contributed by atoms with Crippen LogP contribution in [0.25, 0.3) is 6.08 Å². The molecule has 0 saturated heterocycles. The molecule has 1 aromatic rings. The first-order valence-corrected chi connectivity index (χ1v) is 8.61. The van der Waals surface area contributed by atoms with E-state index in [-0.39, 0.29) is 12.1 Å². The topological polar surface area (TPSA) is 52.3 Å². The second-order valence-corrected chi connectivity index (χ2v) is 7.26. The van der Waals surface area contributed by atoms with Crippen molar-refractivity contribution in [1.29, 1.82) is 0 Å². The first kappa shape index (κ1) is 17.6. The van der Waals surface area contributed by atoms with Gasteiger partial charge in [-0.25, -0.2) is 4.79 Å². The molecule has 1 aromatic carbocycles. The zero-order valence-corrected chi connectivity index (χ0v) is 14.7. The van der Waals surface area contributed by atoms with Gasteiger partial charge in [0.25, 0.3) is 0 Å². The van der Waals surface area contributed by atoms with Crippen LogP contribution in [0.1, 0.15) is 52.5 Å². The average molecular weight is 315 g/mol. The molecule has 1 saturated carbocycles.